The zero-order valence-electron chi connectivity index (χ0n) is 13.5. The summed E-state index contributed by atoms with van der Waals surface area (Å²) in [5.41, 5.74) is 3.25. The minimum Gasteiger partial charge on any atom is -0.361 e. The second-order valence-corrected chi connectivity index (χ2v) is 5.47. The molecule has 126 valence electrons. The number of hydrogen-bond acceptors (Lipinski definition) is 3. The third kappa shape index (κ3) is 6.02. The molecule has 5 nitrogen and oxygen atoms in total. The van der Waals surface area contributed by atoms with Crippen molar-refractivity contribution in [3.63, 3.8) is 0 Å². The maximum atomic E-state index is 5.88. The normalized spacial score (nSPS) is 11.0. The maximum Gasteiger partial charge on any atom is 0.191 e. The van der Waals surface area contributed by atoms with Crippen LogP contribution in [0.1, 0.15) is 22.6 Å². The van der Waals surface area contributed by atoms with Gasteiger partial charge in [0.15, 0.2) is 5.96 Å². The lowest BCUT2D eigenvalue weighted by atomic mass is 10.1. The highest BCUT2D eigenvalue weighted by Crippen LogP contribution is 2.12. The minimum absolute atomic E-state index is 0. The number of nitrogens with zero attached hydrogens (tertiary/aromatic N) is 2. The molecule has 23 heavy (non-hydrogen) atoms. The molecule has 0 saturated heterocycles. The van der Waals surface area contributed by atoms with Gasteiger partial charge in [-0.15, -0.1) is 24.0 Å². The van der Waals surface area contributed by atoms with Gasteiger partial charge in [-0.2, -0.15) is 0 Å². The Labute approximate surface area is 158 Å². The Kier molecular flexibility index (Phi) is 8.40. The first-order valence-electron chi connectivity index (χ1n) is 7.21. The zero-order chi connectivity index (χ0) is 15.9. The van der Waals surface area contributed by atoms with Crippen molar-refractivity contribution in [3.05, 3.63) is 51.9 Å². The van der Waals surface area contributed by atoms with Crippen LogP contribution in [0.4, 0.5) is 0 Å². The number of aromatic nitrogens is 1. The average Bonchev–Trinajstić information content (AvgIpc) is 2.84. The van der Waals surface area contributed by atoms with Gasteiger partial charge in [0.05, 0.1) is 5.69 Å². The standard InChI is InChI=1S/C16H21ClN4O.HI/c1-11-15(12(2)22-21-11)8-9-19-16(18-3)20-10-13-4-6-14(17)7-5-13;/h4-7H,8-10H2,1-3H3,(H2,18,19,20);1H. The maximum absolute atomic E-state index is 5.88. The van der Waals surface area contributed by atoms with E-state index < -0.39 is 0 Å². The first-order chi connectivity index (χ1) is 10.6. The lowest BCUT2D eigenvalue weighted by Crippen LogP contribution is -2.37. The fourth-order valence-electron chi connectivity index (χ4n) is 2.17. The van der Waals surface area contributed by atoms with Gasteiger partial charge in [0.25, 0.3) is 0 Å². The molecule has 0 radical (unpaired) electrons. The second kappa shape index (κ2) is 9.77. The monoisotopic (exact) mass is 448 g/mol. The molecule has 0 amide bonds. The highest BCUT2D eigenvalue weighted by Gasteiger charge is 2.08. The van der Waals surface area contributed by atoms with Crippen molar-refractivity contribution in [2.24, 2.45) is 4.99 Å². The van der Waals surface area contributed by atoms with Gasteiger partial charge in [-0.3, -0.25) is 4.99 Å². The summed E-state index contributed by atoms with van der Waals surface area (Å²) in [6, 6.07) is 7.75. The van der Waals surface area contributed by atoms with Gasteiger partial charge in [0.1, 0.15) is 5.76 Å². The highest BCUT2D eigenvalue weighted by molar-refractivity contribution is 14.0. The SMILES string of the molecule is CN=C(NCCc1c(C)noc1C)NCc1ccc(Cl)cc1.I. The lowest BCUT2D eigenvalue weighted by molar-refractivity contribution is 0.392. The van der Waals surface area contributed by atoms with Gasteiger partial charge >= 0.3 is 0 Å². The van der Waals surface area contributed by atoms with Crippen LogP contribution in [0.5, 0.6) is 0 Å². The van der Waals surface area contributed by atoms with E-state index in [0.29, 0.717) is 6.54 Å². The number of rotatable bonds is 5. The van der Waals surface area contributed by atoms with E-state index in [-0.39, 0.29) is 24.0 Å². The third-order valence-electron chi connectivity index (χ3n) is 3.45. The Hall–Kier alpha value is -1.28. The highest BCUT2D eigenvalue weighted by atomic mass is 127. The van der Waals surface area contributed by atoms with E-state index in [4.69, 9.17) is 16.1 Å². The van der Waals surface area contributed by atoms with Crippen molar-refractivity contribution in [3.8, 4) is 0 Å². The van der Waals surface area contributed by atoms with E-state index in [1.54, 1.807) is 7.05 Å². The second-order valence-electron chi connectivity index (χ2n) is 5.03. The van der Waals surface area contributed by atoms with Crippen molar-refractivity contribution in [2.45, 2.75) is 26.8 Å². The molecule has 1 aromatic heterocycles. The molecule has 0 aliphatic heterocycles. The molecular weight excluding hydrogens is 427 g/mol. The summed E-state index contributed by atoms with van der Waals surface area (Å²) in [5.74, 6) is 1.64. The average molecular weight is 449 g/mol. The molecular formula is C16H22ClIN4O. The summed E-state index contributed by atoms with van der Waals surface area (Å²) in [4.78, 5) is 4.21. The summed E-state index contributed by atoms with van der Waals surface area (Å²) in [7, 11) is 1.76. The van der Waals surface area contributed by atoms with Crippen molar-refractivity contribution < 1.29 is 4.52 Å². The van der Waals surface area contributed by atoms with Gasteiger partial charge in [-0.05, 0) is 38.0 Å². The summed E-state index contributed by atoms with van der Waals surface area (Å²) >= 11 is 5.88. The van der Waals surface area contributed by atoms with Crippen LogP contribution in [0, 0.1) is 13.8 Å². The number of aryl methyl sites for hydroxylation is 2. The van der Waals surface area contributed by atoms with Crippen LogP contribution < -0.4 is 10.6 Å². The molecule has 0 bridgehead atoms. The van der Waals surface area contributed by atoms with Crippen LogP contribution in [0.15, 0.2) is 33.8 Å². The number of hydrogen-bond donors (Lipinski definition) is 2. The summed E-state index contributed by atoms with van der Waals surface area (Å²) in [5, 5.41) is 11.3. The summed E-state index contributed by atoms with van der Waals surface area (Å²) in [6.07, 6.45) is 0.850. The van der Waals surface area contributed by atoms with E-state index in [1.165, 1.54) is 0 Å². The van der Waals surface area contributed by atoms with E-state index >= 15 is 0 Å². The molecule has 0 unspecified atom stereocenters. The predicted molar refractivity (Wildman–Crippen MR) is 105 cm³/mol. The Morgan fingerprint density at radius 3 is 2.48 bits per heavy atom. The topological polar surface area (TPSA) is 62.5 Å². The van der Waals surface area contributed by atoms with Crippen molar-refractivity contribution >= 4 is 41.5 Å². The smallest absolute Gasteiger partial charge is 0.191 e. The van der Waals surface area contributed by atoms with Crippen molar-refractivity contribution in [1.29, 1.82) is 0 Å². The molecule has 0 aliphatic rings. The zero-order valence-corrected chi connectivity index (χ0v) is 16.6. The third-order valence-corrected chi connectivity index (χ3v) is 3.70. The number of aliphatic imine (C=N–C) groups is 1. The number of nitrogens with one attached hydrogen (secondary N) is 2. The molecule has 0 fully saturated rings. The predicted octanol–water partition coefficient (Wildman–Crippen LogP) is 3.47. The fraction of sp³-hybridized carbons (Fsp3) is 0.375. The molecule has 2 N–H and O–H groups in total. The molecule has 0 aliphatic carbocycles. The molecule has 1 aromatic carbocycles. The van der Waals surface area contributed by atoms with Crippen LogP contribution in [0.3, 0.4) is 0 Å². The van der Waals surface area contributed by atoms with Crippen LogP contribution in [-0.2, 0) is 13.0 Å². The molecule has 0 saturated carbocycles. The van der Waals surface area contributed by atoms with Gasteiger partial charge in [-0.25, -0.2) is 0 Å². The first-order valence-corrected chi connectivity index (χ1v) is 7.58. The molecule has 1 heterocycles. The lowest BCUT2D eigenvalue weighted by Gasteiger charge is -2.12. The molecule has 0 spiro atoms. The van der Waals surface area contributed by atoms with Crippen LogP contribution in [-0.4, -0.2) is 24.7 Å². The van der Waals surface area contributed by atoms with Crippen LogP contribution >= 0.6 is 35.6 Å². The Balaban J connectivity index is 0.00000264. The van der Waals surface area contributed by atoms with Gasteiger partial charge in [-0.1, -0.05) is 28.9 Å². The fourth-order valence-corrected chi connectivity index (χ4v) is 2.30. The first kappa shape index (κ1) is 19.8. The minimum atomic E-state index is 0. The van der Waals surface area contributed by atoms with E-state index in [2.05, 4.69) is 20.8 Å². The summed E-state index contributed by atoms with van der Waals surface area (Å²) in [6.45, 7) is 5.35. The summed E-state index contributed by atoms with van der Waals surface area (Å²) < 4.78 is 5.16. The van der Waals surface area contributed by atoms with Gasteiger partial charge in [0.2, 0.25) is 0 Å². The van der Waals surface area contributed by atoms with Crippen molar-refractivity contribution in [2.75, 3.05) is 13.6 Å². The Morgan fingerprint density at radius 1 is 1.22 bits per heavy atom. The van der Waals surface area contributed by atoms with Crippen LogP contribution in [0.25, 0.3) is 0 Å². The van der Waals surface area contributed by atoms with Gasteiger partial charge < -0.3 is 15.2 Å². The van der Waals surface area contributed by atoms with E-state index in [9.17, 15) is 0 Å². The van der Waals surface area contributed by atoms with E-state index in [1.807, 2.05) is 38.1 Å². The molecule has 2 rings (SSSR count). The quantitative estimate of drug-likeness (QED) is 0.418. The van der Waals surface area contributed by atoms with Crippen molar-refractivity contribution in [1.82, 2.24) is 15.8 Å². The number of benzene rings is 1. The number of guanidine groups is 1. The van der Waals surface area contributed by atoms with E-state index in [0.717, 1.165) is 46.5 Å². The molecule has 2 aromatic rings. The Bertz CT molecular complexity index is 621. The largest absolute Gasteiger partial charge is 0.361 e. The van der Waals surface area contributed by atoms with Crippen LogP contribution in [0.2, 0.25) is 5.02 Å². The van der Waals surface area contributed by atoms with Gasteiger partial charge in [0, 0.05) is 30.7 Å². The molecule has 0 atom stereocenters. The number of halogens is 2. The molecule has 7 heteroatoms. The Morgan fingerprint density at radius 2 is 1.91 bits per heavy atom.